The van der Waals surface area contributed by atoms with Gasteiger partial charge in [-0.2, -0.15) is 0 Å². The van der Waals surface area contributed by atoms with Crippen molar-refractivity contribution in [1.29, 1.82) is 0 Å². The molecule has 0 aliphatic carbocycles. The van der Waals surface area contributed by atoms with Crippen LogP contribution in [-0.2, 0) is 0 Å². The van der Waals surface area contributed by atoms with E-state index in [4.69, 9.17) is 15.8 Å². The molecule has 0 unspecified atom stereocenters. The molecule has 0 radical (unpaired) electrons. The van der Waals surface area contributed by atoms with Crippen LogP contribution in [0.1, 0.15) is 20.7 Å². The van der Waals surface area contributed by atoms with E-state index in [1.165, 1.54) is 6.07 Å². The summed E-state index contributed by atoms with van der Waals surface area (Å²) in [5.74, 6) is -0.535. The van der Waals surface area contributed by atoms with Gasteiger partial charge >= 0.3 is 7.12 Å². The number of rotatable bonds is 4. The monoisotopic (exact) mass is 269 g/mol. The van der Waals surface area contributed by atoms with Gasteiger partial charge < -0.3 is 15.8 Å². The van der Waals surface area contributed by atoms with E-state index in [9.17, 15) is 9.59 Å². The van der Waals surface area contributed by atoms with Crippen LogP contribution >= 0.6 is 0 Å². The normalized spacial score (nSPS) is 10.1. The van der Waals surface area contributed by atoms with Crippen molar-refractivity contribution < 1.29 is 19.6 Å². The van der Waals surface area contributed by atoms with Crippen molar-refractivity contribution in [3.63, 3.8) is 0 Å². The maximum Gasteiger partial charge on any atom is 0.532 e. The predicted molar refractivity (Wildman–Crippen MR) is 74.9 cm³/mol. The number of nitrogens with two attached hydrogens (primary N) is 1. The second kappa shape index (κ2) is 5.69. The molecule has 100 valence electrons. The lowest BCUT2D eigenvalue weighted by atomic mass is 9.77. The fraction of sp³-hybridized carbons (Fsp3) is 0. The fourth-order valence-corrected chi connectivity index (χ4v) is 1.90. The molecule has 2 rings (SSSR count). The first-order valence-corrected chi connectivity index (χ1v) is 5.90. The smallest absolute Gasteiger partial charge is 0.421 e. The van der Waals surface area contributed by atoms with Gasteiger partial charge in [-0.1, -0.05) is 36.4 Å². The van der Waals surface area contributed by atoms with Crippen molar-refractivity contribution in [3.05, 3.63) is 59.7 Å². The standard InChI is InChI=1S/C14H12BNO4/c16-14(18)10-7-5-9(6-8-10)11-3-1-2-4-12(11)13(17)15(19)20/h1-8,19-20H,(H2,16,18). The van der Waals surface area contributed by atoms with Gasteiger partial charge in [0.25, 0.3) is 0 Å². The molecule has 0 atom stereocenters. The van der Waals surface area contributed by atoms with Crippen LogP contribution in [0.2, 0.25) is 0 Å². The van der Waals surface area contributed by atoms with Gasteiger partial charge in [0.2, 0.25) is 5.91 Å². The summed E-state index contributed by atoms with van der Waals surface area (Å²) in [5, 5.41) is 18.0. The molecule has 2 aromatic rings. The summed E-state index contributed by atoms with van der Waals surface area (Å²) in [4.78, 5) is 22.8. The molecule has 0 saturated heterocycles. The molecule has 0 aliphatic rings. The van der Waals surface area contributed by atoms with E-state index in [1.807, 2.05) is 0 Å². The zero-order valence-electron chi connectivity index (χ0n) is 10.5. The minimum Gasteiger partial charge on any atom is -0.421 e. The topological polar surface area (TPSA) is 101 Å². The number of primary amides is 1. The molecule has 0 spiro atoms. The number of hydrogen-bond acceptors (Lipinski definition) is 4. The van der Waals surface area contributed by atoms with Gasteiger partial charge in [-0.05, 0) is 23.3 Å². The number of hydrogen-bond donors (Lipinski definition) is 3. The molecular formula is C14H12BNO4. The maximum atomic E-state index is 11.7. The molecule has 6 heteroatoms. The van der Waals surface area contributed by atoms with Crippen LogP contribution in [0.4, 0.5) is 0 Å². The first kappa shape index (κ1) is 14.0. The van der Waals surface area contributed by atoms with E-state index >= 15 is 0 Å². The van der Waals surface area contributed by atoms with Crippen molar-refractivity contribution in [3.8, 4) is 11.1 Å². The lowest BCUT2D eigenvalue weighted by Crippen LogP contribution is -2.26. The van der Waals surface area contributed by atoms with E-state index in [-0.39, 0.29) is 5.56 Å². The van der Waals surface area contributed by atoms with Crippen LogP contribution in [-0.4, -0.2) is 28.8 Å². The minimum absolute atomic E-state index is 0.203. The quantitative estimate of drug-likeness (QED) is 0.709. The van der Waals surface area contributed by atoms with Crippen molar-refractivity contribution >= 4 is 18.7 Å². The van der Waals surface area contributed by atoms with Crippen LogP contribution in [0.25, 0.3) is 11.1 Å². The van der Waals surface area contributed by atoms with Crippen molar-refractivity contribution in [2.24, 2.45) is 5.73 Å². The summed E-state index contributed by atoms with van der Waals surface area (Å²) in [6, 6.07) is 13.0. The van der Waals surface area contributed by atoms with Crippen molar-refractivity contribution in [2.45, 2.75) is 0 Å². The third-order valence-electron chi connectivity index (χ3n) is 2.91. The predicted octanol–water partition coefficient (Wildman–Crippen LogP) is 0.647. The Kier molecular flexibility index (Phi) is 3.98. The Morgan fingerprint density at radius 3 is 2.10 bits per heavy atom. The molecule has 0 saturated carbocycles. The van der Waals surface area contributed by atoms with Gasteiger partial charge in [0, 0.05) is 11.1 Å². The highest BCUT2D eigenvalue weighted by atomic mass is 16.4. The van der Waals surface area contributed by atoms with E-state index in [1.54, 1.807) is 42.5 Å². The van der Waals surface area contributed by atoms with Crippen LogP contribution < -0.4 is 5.73 Å². The molecule has 20 heavy (non-hydrogen) atoms. The molecule has 0 bridgehead atoms. The van der Waals surface area contributed by atoms with Gasteiger partial charge in [0.1, 0.15) is 0 Å². The zero-order valence-corrected chi connectivity index (χ0v) is 10.5. The maximum absolute atomic E-state index is 11.7. The van der Waals surface area contributed by atoms with Crippen molar-refractivity contribution in [2.75, 3.05) is 0 Å². The van der Waals surface area contributed by atoms with Gasteiger partial charge in [-0.15, -0.1) is 0 Å². The Bertz CT molecular complexity index is 652. The molecule has 2 aromatic carbocycles. The Labute approximate surface area is 115 Å². The molecule has 0 fully saturated rings. The Balaban J connectivity index is 2.47. The van der Waals surface area contributed by atoms with E-state index in [2.05, 4.69) is 0 Å². The second-order valence-corrected chi connectivity index (χ2v) is 4.23. The van der Waals surface area contributed by atoms with Crippen LogP contribution in [0.5, 0.6) is 0 Å². The highest BCUT2D eigenvalue weighted by Crippen LogP contribution is 2.24. The Hall–Kier alpha value is -2.44. The van der Waals surface area contributed by atoms with Gasteiger partial charge in [-0.3, -0.25) is 9.59 Å². The largest absolute Gasteiger partial charge is 0.532 e. The third-order valence-corrected chi connectivity index (χ3v) is 2.91. The summed E-state index contributed by atoms with van der Waals surface area (Å²) in [5.41, 5.74) is 6.18. The Morgan fingerprint density at radius 1 is 0.950 bits per heavy atom. The lowest BCUT2D eigenvalue weighted by molar-refractivity contribution is 0.0998. The van der Waals surface area contributed by atoms with Crippen molar-refractivity contribution in [1.82, 2.24) is 0 Å². The summed E-state index contributed by atoms with van der Waals surface area (Å²) in [6.45, 7) is 0. The fourth-order valence-electron chi connectivity index (χ4n) is 1.90. The molecule has 0 aliphatic heterocycles. The molecule has 1 amide bonds. The van der Waals surface area contributed by atoms with E-state index in [0.29, 0.717) is 16.7 Å². The number of carbonyl (C=O) groups is 2. The van der Waals surface area contributed by atoms with E-state index < -0.39 is 18.7 Å². The summed E-state index contributed by atoms with van der Waals surface area (Å²) < 4.78 is 0. The van der Waals surface area contributed by atoms with Crippen LogP contribution in [0.15, 0.2) is 48.5 Å². The average molecular weight is 269 g/mol. The Morgan fingerprint density at radius 2 is 1.55 bits per heavy atom. The van der Waals surface area contributed by atoms with Gasteiger partial charge in [0.05, 0.1) is 0 Å². The number of benzene rings is 2. The summed E-state index contributed by atoms with van der Waals surface area (Å²) >= 11 is 0. The molecule has 5 nitrogen and oxygen atoms in total. The molecule has 4 N–H and O–H groups in total. The molecule has 0 heterocycles. The average Bonchev–Trinajstić information content (AvgIpc) is 2.46. The number of carbonyl (C=O) groups excluding carboxylic acids is 2. The summed E-state index contributed by atoms with van der Waals surface area (Å²) in [6.07, 6.45) is 0. The summed E-state index contributed by atoms with van der Waals surface area (Å²) in [7, 11) is -2.05. The van der Waals surface area contributed by atoms with Gasteiger partial charge in [0.15, 0.2) is 5.68 Å². The second-order valence-electron chi connectivity index (χ2n) is 4.23. The highest BCUT2D eigenvalue weighted by molar-refractivity contribution is 6.82. The SMILES string of the molecule is NC(=O)c1ccc(-c2ccccc2C(=O)B(O)O)cc1. The first-order valence-electron chi connectivity index (χ1n) is 5.90. The van der Waals surface area contributed by atoms with E-state index in [0.717, 1.165) is 0 Å². The molecular weight excluding hydrogens is 257 g/mol. The van der Waals surface area contributed by atoms with Crippen LogP contribution in [0.3, 0.4) is 0 Å². The highest BCUT2D eigenvalue weighted by Gasteiger charge is 2.24. The zero-order chi connectivity index (χ0) is 14.7. The van der Waals surface area contributed by atoms with Gasteiger partial charge in [-0.25, -0.2) is 0 Å². The molecule has 0 aromatic heterocycles. The number of amides is 1. The lowest BCUT2D eigenvalue weighted by Gasteiger charge is -2.09. The minimum atomic E-state index is -2.05. The first-order chi connectivity index (χ1) is 9.50. The van der Waals surface area contributed by atoms with Crippen LogP contribution in [0, 0.1) is 0 Å². The third kappa shape index (κ3) is 2.76.